The van der Waals surface area contributed by atoms with Crippen LogP contribution >= 0.6 is 0 Å². The maximum atomic E-state index is 13.1. The fraction of sp³-hybridized carbons (Fsp3) is 0.615. The molecule has 174 valence electrons. The van der Waals surface area contributed by atoms with E-state index in [2.05, 4.69) is 59.7 Å². The van der Waals surface area contributed by atoms with E-state index in [0.29, 0.717) is 12.5 Å². The first-order valence-corrected chi connectivity index (χ1v) is 12.4. The van der Waals surface area contributed by atoms with E-state index in [4.69, 9.17) is 4.74 Å². The number of H-pyrrole nitrogens is 1. The van der Waals surface area contributed by atoms with Crippen LogP contribution in [0, 0.1) is 0 Å². The molecule has 0 radical (unpaired) electrons. The molecule has 2 fully saturated rings. The minimum Gasteiger partial charge on any atom is -0.376 e. The Morgan fingerprint density at radius 3 is 2.66 bits per heavy atom. The Hall–Kier alpha value is -2.34. The lowest BCUT2D eigenvalue weighted by Gasteiger charge is -2.42. The van der Waals surface area contributed by atoms with Gasteiger partial charge in [0.2, 0.25) is 0 Å². The second kappa shape index (κ2) is 11.0. The van der Waals surface area contributed by atoms with Gasteiger partial charge >= 0.3 is 6.03 Å². The molecule has 3 atom stereocenters. The van der Waals surface area contributed by atoms with E-state index in [1.165, 1.54) is 18.4 Å². The summed E-state index contributed by atoms with van der Waals surface area (Å²) in [6.07, 6.45) is 9.59. The summed E-state index contributed by atoms with van der Waals surface area (Å²) in [7, 11) is 0. The number of piperidine rings is 1. The second-order valence-electron chi connectivity index (χ2n) is 9.49. The molecule has 1 saturated heterocycles. The molecule has 4 rings (SSSR count). The normalized spacial score (nSPS) is 27.1. The fourth-order valence-electron chi connectivity index (χ4n) is 5.26. The lowest BCUT2D eigenvalue weighted by Crippen LogP contribution is -2.55. The van der Waals surface area contributed by atoms with Crippen molar-refractivity contribution < 1.29 is 9.53 Å². The molecular weight excluding hydrogens is 400 g/mol. The summed E-state index contributed by atoms with van der Waals surface area (Å²) in [6, 6.07) is 13.1. The second-order valence-corrected chi connectivity index (χ2v) is 9.49. The van der Waals surface area contributed by atoms with Crippen LogP contribution in [0.5, 0.6) is 0 Å². The number of likely N-dealkylation sites (tertiary alicyclic amines) is 1. The van der Waals surface area contributed by atoms with Gasteiger partial charge in [0.15, 0.2) is 0 Å². The number of nitrogens with one attached hydrogen (secondary N) is 2. The number of hydrogen-bond acceptors (Lipinski definition) is 3. The van der Waals surface area contributed by atoms with E-state index >= 15 is 0 Å². The van der Waals surface area contributed by atoms with Gasteiger partial charge in [-0.05, 0) is 69.4 Å². The molecule has 1 unspecified atom stereocenters. The molecule has 1 aliphatic heterocycles. The van der Waals surface area contributed by atoms with Gasteiger partial charge in [-0.1, -0.05) is 37.3 Å². The highest BCUT2D eigenvalue weighted by molar-refractivity contribution is 5.75. The summed E-state index contributed by atoms with van der Waals surface area (Å²) in [4.78, 5) is 15.1. The Balaban J connectivity index is 1.39. The van der Waals surface area contributed by atoms with Crippen LogP contribution in [0.25, 0.3) is 0 Å². The van der Waals surface area contributed by atoms with Crippen molar-refractivity contribution in [1.82, 2.24) is 20.4 Å². The van der Waals surface area contributed by atoms with E-state index in [1.54, 1.807) is 0 Å². The lowest BCUT2D eigenvalue weighted by molar-refractivity contribution is -0.0173. The van der Waals surface area contributed by atoms with Crippen molar-refractivity contribution in [3.63, 3.8) is 0 Å². The van der Waals surface area contributed by atoms with Gasteiger partial charge in [-0.25, -0.2) is 4.79 Å². The highest BCUT2D eigenvalue weighted by Gasteiger charge is 2.37. The number of carbonyl (C=O) groups excluding carboxylic acids is 1. The van der Waals surface area contributed by atoms with Crippen LogP contribution in [0.15, 0.2) is 42.6 Å². The molecule has 1 aromatic carbocycles. The quantitative estimate of drug-likeness (QED) is 0.623. The van der Waals surface area contributed by atoms with Gasteiger partial charge in [0.1, 0.15) is 0 Å². The highest BCUT2D eigenvalue weighted by Crippen LogP contribution is 2.36. The Morgan fingerprint density at radius 2 is 1.97 bits per heavy atom. The molecular formula is C26H38N4O2. The summed E-state index contributed by atoms with van der Waals surface area (Å²) in [5.41, 5.74) is 2.48. The molecule has 0 spiro atoms. The third-order valence-electron chi connectivity index (χ3n) is 7.37. The maximum Gasteiger partial charge on any atom is 0.317 e. The average Bonchev–Trinajstić information content (AvgIpc) is 3.38. The van der Waals surface area contributed by atoms with Crippen LogP contribution in [0.4, 0.5) is 4.79 Å². The average molecular weight is 439 g/mol. The minimum atomic E-state index is 0.0166. The summed E-state index contributed by atoms with van der Waals surface area (Å²) >= 11 is 0. The lowest BCUT2D eigenvalue weighted by atomic mass is 9.82. The summed E-state index contributed by atoms with van der Waals surface area (Å²) < 4.78 is 6.49. The molecule has 2 heterocycles. The number of rotatable bonds is 7. The molecule has 6 nitrogen and oxygen atoms in total. The van der Waals surface area contributed by atoms with E-state index in [1.807, 2.05) is 17.2 Å². The topological polar surface area (TPSA) is 70.2 Å². The van der Waals surface area contributed by atoms with Crippen molar-refractivity contribution in [2.75, 3.05) is 13.2 Å². The van der Waals surface area contributed by atoms with E-state index < -0.39 is 0 Å². The van der Waals surface area contributed by atoms with Crippen LogP contribution in [0.2, 0.25) is 0 Å². The Morgan fingerprint density at radius 1 is 1.19 bits per heavy atom. The monoisotopic (exact) mass is 438 g/mol. The number of urea groups is 1. The van der Waals surface area contributed by atoms with Gasteiger partial charge < -0.3 is 15.0 Å². The van der Waals surface area contributed by atoms with E-state index in [0.717, 1.165) is 44.3 Å². The van der Waals surface area contributed by atoms with E-state index in [-0.39, 0.29) is 30.1 Å². The largest absolute Gasteiger partial charge is 0.376 e. The van der Waals surface area contributed by atoms with Crippen molar-refractivity contribution >= 4 is 6.03 Å². The standard InChI is InChI=1S/C26H38N4O2/c1-3-19(2)28-26(31)30-17-7-10-23(24-15-16-27-29-24)25(30)18-32-22-13-11-21(12-14-22)20-8-5-4-6-9-20/h4-6,8-9,15-16,19,21-23,25H,3,7,10-14,17-18H2,1-2H3,(H,27,29)(H,28,31)/t19?,21-,22+,23-,25+/m1/s1. The minimum absolute atomic E-state index is 0.0166. The summed E-state index contributed by atoms with van der Waals surface area (Å²) in [5, 5.41) is 10.6. The van der Waals surface area contributed by atoms with Crippen LogP contribution in [-0.4, -0.2) is 52.5 Å². The number of nitrogens with zero attached hydrogens (tertiary/aromatic N) is 2. The number of aromatic amines is 1. The molecule has 6 heteroatoms. The van der Waals surface area contributed by atoms with Gasteiger partial charge in [0.25, 0.3) is 0 Å². The van der Waals surface area contributed by atoms with Gasteiger partial charge in [-0.3, -0.25) is 5.10 Å². The van der Waals surface area contributed by atoms with Crippen molar-refractivity contribution in [2.45, 2.75) is 88.8 Å². The maximum absolute atomic E-state index is 13.1. The first-order chi connectivity index (χ1) is 15.7. The third-order valence-corrected chi connectivity index (χ3v) is 7.37. The fourth-order valence-corrected chi connectivity index (χ4v) is 5.26. The van der Waals surface area contributed by atoms with Crippen LogP contribution in [-0.2, 0) is 4.74 Å². The predicted molar refractivity (Wildman–Crippen MR) is 127 cm³/mol. The highest BCUT2D eigenvalue weighted by atomic mass is 16.5. The van der Waals surface area contributed by atoms with Crippen molar-refractivity contribution in [3.8, 4) is 0 Å². The molecule has 2 amide bonds. The van der Waals surface area contributed by atoms with Gasteiger partial charge in [-0.15, -0.1) is 0 Å². The smallest absolute Gasteiger partial charge is 0.317 e. The van der Waals surface area contributed by atoms with Crippen LogP contribution in [0.3, 0.4) is 0 Å². The first-order valence-electron chi connectivity index (χ1n) is 12.4. The van der Waals surface area contributed by atoms with Crippen molar-refractivity contribution in [2.24, 2.45) is 0 Å². The Kier molecular flexibility index (Phi) is 7.85. The molecule has 2 aliphatic rings. The van der Waals surface area contributed by atoms with Crippen molar-refractivity contribution in [1.29, 1.82) is 0 Å². The number of hydrogen-bond donors (Lipinski definition) is 2. The predicted octanol–water partition coefficient (Wildman–Crippen LogP) is 5.21. The number of benzene rings is 1. The molecule has 32 heavy (non-hydrogen) atoms. The number of aromatic nitrogens is 2. The zero-order chi connectivity index (χ0) is 22.3. The van der Waals surface area contributed by atoms with Crippen molar-refractivity contribution in [3.05, 3.63) is 53.9 Å². The number of carbonyl (C=O) groups is 1. The van der Waals surface area contributed by atoms with Crippen LogP contribution < -0.4 is 5.32 Å². The Labute approximate surface area is 192 Å². The zero-order valence-electron chi connectivity index (χ0n) is 19.5. The molecule has 1 aliphatic carbocycles. The van der Waals surface area contributed by atoms with E-state index in [9.17, 15) is 4.79 Å². The molecule has 1 saturated carbocycles. The molecule has 0 bridgehead atoms. The number of amides is 2. The molecule has 2 N–H and O–H groups in total. The van der Waals surface area contributed by atoms with Crippen LogP contribution in [0.1, 0.15) is 81.9 Å². The summed E-state index contributed by atoms with van der Waals surface area (Å²) in [6.45, 7) is 5.51. The SMILES string of the molecule is CCC(C)NC(=O)N1CCC[C@H](c2cc[nH]n2)[C@@H]1CO[C@H]1CC[C@@H](c2ccccc2)CC1. The number of ether oxygens (including phenoxy) is 1. The summed E-state index contributed by atoms with van der Waals surface area (Å²) in [5.74, 6) is 0.846. The molecule has 1 aromatic heterocycles. The molecule has 2 aromatic rings. The third kappa shape index (κ3) is 5.52. The first kappa shape index (κ1) is 22.8. The van der Waals surface area contributed by atoms with Gasteiger partial charge in [0, 0.05) is 24.7 Å². The van der Waals surface area contributed by atoms with Gasteiger partial charge in [0.05, 0.1) is 24.4 Å². The Bertz CT molecular complexity index is 818. The van der Waals surface area contributed by atoms with Gasteiger partial charge in [-0.2, -0.15) is 5.10 Å². The zero-order valence-corrected chi connectivity index (χ0v) is 19.5.